The van der Waals surface area contributed by atoms with Crippen LogP contribution in [0.2, 0.25) is 0 Å². The maximum Gasteiger partial charge on any atom is 0.392 e. The molecule has 0 saturated heterocycles. The highest BCUT2D eigenvalue weighted by molar-refractivity contribution is 5.01. The predicted octanol–water partition coefficient (Wildman–Crippen LogP) is 5.12. The van der Waals surface area contributed by atoms with Gasteiger partial charge in [0, 0.05) is 0 Å². The van der Waals surface area contributed by atoms with E-state index in [9.17, 15) is 13.2 Å². The molecule has 0 aliphatic carbocycles. The summed E-state index contributed by atoms with van der Waals surface area (Å²) in [4.78, 5) is 0. The number of hydrogen-bond donors (Lipinski definition) is 0. The average Bonchev–Trinajstić information content (AvgIpc) is 2.18. The third kappa shape index (κ3) is 30.2. The van der Waals surface area contributed by atoms with Gasteiger partial charge in [-0.05, 0) is 6.92 Å². The Morgan fingerprint density at radius 3 is 1.64 bits per heavy atom. The van der Waals surface area contributed by atoms with E-state index in [1.807, 2.05) is 27.7 Å². The largest absolute Gasteiger partial charge is 0.392 e. The average molecular weight is 210 g/mol. The van der Waals surface area contributed by atoms with Crippen molar-refractivity contribution in [1.82, 2.24) is 0 Å². The molecule has 0 amide bonds. The van der Waals surface area contributed by atoms with Gasteiger partial charge in [-0.15, -0.1) is 0 Å². The maximum absolute atomic E-state index is 11.4. The van der Waals surface area contributed by atoms with E-state index < -0.39 is 12.6 Å². The lowest BCUT2D eigenvalue weighted by Crippen LogP contribution is -2.03. The van der Waals surface area contributed by atoms with Gasteiger partial charge in [0.15, 0.2) is 0 Å². The zero-order chi connectivity index (χ0) is 12.0. The molecule has 0 aromatic carbocycles. The van der Waals surface area contributed by atoms with Crippen LogP contribution in [-0.4, -0.2) is 6.18 Å². The molecule has 0 aliphatic rings. The Morgan fingerprint density at radius 2 is 1.36 bits per heavy atom. The van der Waals surface area contributed by atoms with Crippen molar-refractivity contribution in [3.63, 3.8) is 0 Å². The van der Waals surface area contributed by atoms with Crippen LogP contribution in [0.4, 0.5) is 13.2 Å². The SMILES string of the molecule is C/C=C\C=C/CC(F)(F)F.CC.CC. The molecular formula is C11H21F3. The summed E-state index contributed by atoms with van der Waals surface area (Å²) >= 11 is 0. The first-order valence-corrected chi connectivity index (χ1v) is 4.91. The van der Waals surface area contributed by atoms with Gasteiger partial charge in [-0.3, -0.25) is 0 Å². The lowest BCUT2D eigenvalue weighted by molar-refractivity contribution is -0.125. The van der Waals surface area contributed by atoms with Crippen LogP contribution in [-0.2, 0) is 0 Å². The Morgan fingerprint density at radius 1 is 0.929 bits per heavy atom. The number of alkyl halides is 3. The molecule has 0 atom stereocenters. The summed E-state index contributed by atoms with van der Waals surface area (Å²) in [6.07, 6.45) is 0.779. The minimum atomic E-state index is -4.07. The fourth-order valence-electron chi connectivity index (χ4n) is 0.391. The Bertz CT molecular complexity index is 132. The molecule has 0 N–H and O–H groups in total. The van der Waals surface area contributed by atoms with Crippen LogP contribution in [0, 0.1) is 0 Å². The van der Waals surface area contributed by atoms with Crippen molar-refractivity contribution in [3.05, 3.63) is 24.3 Å². The number of hydrogen-bond acceptors (Lipinski definition) is 0. The van der Waals surface area contributed by atoms with Gasteiger partial charge in [0.2, 0.25) is 0 Å². The van der Waals surface area contributed by atoms with E-state index >= 15 is 0 Å². The first-order valence-electron chi connectivity index (χ1n) is 4.91. The molecule has 0 unspecified atom stereocenters. The third-order valence-corrected chi connectivity index (χ3v) is 0.789. The minimum Gasteiger partial charge on any atom is -0.171 e. The van der Waals surface area contributed by atoms with Gasteiger partial charge < -0.3 is 0 Å². The predicted molar refractivity (Wildman–Crippen MR) is 57.3 cm³/mol. The molecule has 0 heterocycles. The number of allylic oxidation sites excluding steroid dienone is 4. The Balaban J connectivity index is -0.000000266. The van der Waals surface area contributed by atoms with Crippen molar-refractivity contribution < 1.29 is 13.2 Å². The fraction of sp³-hybridized carbons (Fsp3) is 0.636. The van der Waals surface area contributed by atoms with E-state index in [0.29, 0.717) is 0 Å². The fourth-order valence-corrected chi connectivity index (χ4v) is 0.391. The van der Waals surface area contributed by atoms with Gasteiger partial charge >= 0.3 is 6.18 Å². The summed E-state index contributed by atoms with van der Waals surface area (Å²) < 4.78 is 34.2. The zero-order valence-electron chi connectivity index (χ0n) is 9.65. The molecule has 3 heteroatoms. The molecule has 0 aromatic rings. The van der Waals surface area contributed by atoms with Crippen molar-refractivity contribution in [2.45, 2.75) is 47.2 Å². The second-order valence-electron chi connectivity index (χ2n) is 1.77. The molecule has 0 radical (unpaired) electrons. The first-order chi connectivity index (χ1) is 6.56. The van der Waals surface area contributed by atoms with Crippen molar-refractivity contribution in [2.75, 3.05) is 0 Å². The molecular weight excluding hydrogens is 189 g/mol. The lowest BCUT2D eigenvalue weighted by atomic mass is 10.3. The topological polar surface area (TPSA) is 0 Å². The summed E-state index contributed by atoms with van der Waals surface area (Å²) in [6, 6.07) is 0. The second kappa shape index (κ2) is 14.8. The zero-order valence-corrected chi connectivity index (χ0v) is 9.65. The van der Waals surface area contributed by atoms with Crippen LogP contribution in [0.25, 0.3) is 0 Å². The third-order valence-electron chi connectivity index (χ3n) is 0.789. The molecule has 0 spiro atoms. The van der Waals surface area contributed by atoms with E-state index in [4.69, 9.17) is 0 Å². The normalized spacial score (nSPS) is 10.6. The monoisotopic (exact) mass is 210 g/mol. The van der Waals surface area contributed by atoms with Crippen LogP contribution in [0.15, 0.2) is 24.3 Å². The van der Waals surface area contributed by atoms with Crippen LogP contribution in [0.1, 0.15) is 41.0 Å². The maximum atomic E-state index is 11.4. The minimum absolute atomic E-state index is 0.850. The molecule has 0 aromatic heterocycles. The van der Waals surface area contributed by atoms with Gasteiger partial charge in [0.05, 0.1) is 6.42 Å². The standard InChI is InChI=1S/C7H9F3.2C2H6/c1-2-3-4-5-6-7(8,9)10;2*1-2/h2-5H,6H2,1H3;2*1-2H3/b3-2-,5-4-;;. The van der Waals surface area contributed by atoms with Gasteiger partial charge in [0.25, 0.3) is 0 Å². The highest BCUT2D eigenvalue weighted by atomic mass is 19.4. The molecule has 14 heavy (non-hydrogen) atoms. The van der Waals surface area contributed by atoms with Crippen molar-refractivity contribution >= 4 is 0 Å². The van der Waals surface area contributed by atoms with Gasteiger partial charge in [-0.25, -0.2) is 0 Å². The van der Waals surface area contributed by atoms with Crippen LogP contribution in [0.5, 0.6) is 0 Å². The Labute approximate surface area is 85.5 Å². The summed E-state index contributed by atoms with van der Waals surface area (Å²) in [5.41, 5.74) is 0. The molecule has 0 fully saturated rings. The lowest BCUT2D eigenvalue weighted by Gasteiger charge is -1.98. The molecule has 0 rings (SSSR count). The first kappa shape index (κ1) is 18.9. The molecule has 0 aliphatic heterocycles. The highest BCUT2D eigenvalue weighted by Crippen LogP contribution is 2.19. The van der Waals surface area contributed by atoms with Crippen LogP contribution < -0.4 is 0 Å². The highest BCUT2D eigenvalue weighted by Gasteiger charge is 2.24. The van der Waals surface area contributed by atoms with Crippen molar-refractivity contribution in [1.29, 1.82) is 0 Å². The number of rotatable bonds is 2. The summed E-state index contributed by atoms with van der Waals surface area (Å²) in [7, 11) is 0. The molecule has 86 valence electrons. The van der Waals surface area contributed by atoms with Gasteiger partial charge in [-0.2, -0.15) is 13.2 Å². The molecule has 0 saturated carbocycles. The van der Waals surface area contributed by atoms with Gasteiger partial charge in [0.1, 0.15) is 0 Å². The number of halogens is 3. The molecule has 0 bridgehead atoms. The van der Waals surface area contributed by atoms with E-state index in [-0.39, 0.29) is 0 Å². The summed E-state index contributed by atoms with van der Waals surface area (Å²) in [5.74, 6) is 0. The van der Waals surface area contributed by atoms with Crippen LogP contribution >= 0.6 is 0 Å². The smallest absolute Gasteiger partial charge is 0.171 e. The Kier molecular flexibility index (Phi) is 20.0. The van der Waals surface area contributed by atoms with E-state index in [0.717, 1.165) is 6.08 Å². The second-order valence-corrected chi connectivity index (χ2v) is 1.77. The van der Waals surface area contributed by atoms with E-state index in [2.05, 4.69) is 0 Å². The van der Waals surface area contributed by atoms with Crippen molar-refractivity contribution in [3.8, 4) is 0 Å². The Hall–Kier alpha value is -0.730. The van der Waals surface area contributed by atoms with Crippen LogP contribution in [0.3, 0.4) is 0 Å². The summed E-state index contributed by atoms with van der Waals surface area (Å²) in [5, 5.41) is 0. The summed E-state index contributed by atoms with van der Waals surface area (Å²) in [6.45, 7) is 9.75. The quantitative estimate of drug-likeness (QED) is 0.555. The van der Waals surface area contributed by atoms with E-state index in [1.54, 1.807) is 19.1 Å². The van der Waals surface area contributed by atoms with Gasteiger partial charge in [-0.1, -0.05) is 52.0 Å². The molecule has 0 nitrogen and oxygen atoms in total. The van der Waals surface area contributed by atoms with Crippen molar-refractivity contribution in [2.24, 2.45) is 0 Å². The van der Waals surface area contributed by atoms with E-state index in [1.165, 1.54) is 6.08 Å².